The van der Waals surface area contributed by atoms with Gasteiger partial charge in [0.2, 0.25) is 0 Å². The van der Waals surface area contributed by atoms with Gasteiger partial charge in [-0.05, 0) is 148 Å². The zero-order valence-corrected chi connectivity index (χ0v) is 73.8. The molecule has 23 aromatic rings. The summed E-state index contributed by atoms with van der Waals surface area (Å²) in [6, 6.07) is 155. The van der Waals surface area contributed by atoms with Crippen molar-refractivity contribution in [2.24, 2.45) is 0 Å². The minimum Gasteiger partial charge on any atom is -0.456 e. The average Bonchev–Trinajstić information content (AvgIpc) is 1.55. The smallest absolute Gasteiger partial charge is 0.163 e. The number of benzene rings is 17. The Morgan fingerprint density at radius 1 is 0.159 bits per heavy atom. The van der Waals surface area contributed by atoms with Gasteiger partial charge < -0.3 is 4.42 Å². The molecule has 0 spiro atoms. The molecule has 628 valence electrons. The van der Waals surface area contributed by atoms with Crippen LogP contribution in [0.4, 0.5) is 0 Å². The first-order valence-corrected chi connectivity index (χ1v) is 44.9. The first kappa shape index (κ1) is 83.2. The zero-order valence-electron chi connectivity index (χ0n) is 73.0. The molecule has 0 aliphatic rings. The average molecular weight is 1720 g/mol. The molecular weight excluding hydrogens is 1630 g/mol. The quantitative estimate of drug-likeness (QED) is 0.0968. The summed E-state index contributed by atoms with van der Waals surface area (Å²) >= 11 is 1.83. The van der Waals surface area contributed by atoms with Crippen molar-refractivity contribution in [2.45, 2.75) is 27.7 Å². The third kappa shape index (κ3) is 19.0. The van der Waals surface area contributed by atoms with Gasteiger partial charge in [-0.15, -0.1) is 11.3 Å². The highest BCUT2D eigenvalue weighted by Crippen LogP contribution is 2.40. The molecule has 0 saturated carbocycles. The fourth-order valence-electron chi connectivity index (χ4n) is 16.5. The predicted octanol–water partition coefficient (Wildman–Crippen LogP) is 31.2. The Morgan fingerprint density at radius 2 is 0.386 bits per heavy atom. The molecule has 0 unspecified atom stereocenters. The molecule has 6 heterocycles. The van der Waals surface area contributed by atoms with Gasteiger partial charge in [0.1, 0.15) is 22.8 Å². The minimum atomic E-state index is 0.681. The van der Waals surface area contributed by atoms with Crippen molar-refractivity contribution in [1.82, 2.24) is 49.8 Å². The van der Waals surface area contributed by atoms with Gasteiger partial charge in [0, 0.05) is 86.8 Å². The maximum Gasteiger partial charge on any atom is 0.163 e. The Hall–Kier alpha value is -17.1. The number of nitrogens with zero attached hydrogens (tertiary/aromatic N) is 10. The highest BCUT2D eigenvalue weighted by molar-refractivity contribution is 7.25. The Kier molecular flexibility index (Phi) is 24.1. The minimum absolute atomic E-state index is 0.681. The van der Waals surface area contributed by atoms with E-state index in [2.05, 4.69) is 384 Å². The second-order valence-corrected chi connectivity index (χ2v) is 33.4. The monoisotopic (exact) mass is 1710 g/mol. The van der Waals surface area contributed by atoms with Gasteiger partial charge in [0.25, 0.3) is 0 Å². The first-order chi connectivity index (χ1) is 65.0. The number of para-hydroxylation sites is 1. The largest absolute Gasteiger partial charge is 0.456 e. The SMILES string of the molecule is Cc1cc(-c2ccc3c(c2)oc2ccccc23)nc(-c2ccc(-c3ccccc3)cc2)n1.Cc1cc(-c2ccc3c(c2)sc2ccccc23)nc(-c2ccc(-c3ccccc3)cc2)n1.Cc1nc(-c2ccc(-c3ccccc3)cc2)nc(-c2ccc(-c3ccc(-c4ccccc4)cc3)cc2)n1.Cc1nc(-c2ccc(-c3ccccc3)cc2)nc(-c2ccc(-c3ccccc3)cc2)n1. The van der Waals surface area contributed by atoms with E-state index in [4.69, 9.17) is 34.3 Å². The van der Waals surface area contributed by atoms with E-state index in [1.54, 1.807) is 0 Å². The van der Waals surface area contributed by atoms with Gasteiger partial charge in [-0.1, -0.05) is 406 Å². The fraction of sp³-hybridized carbons (Fsp3) is 0.0333. The molecular formula is C120H86N10OS. The summed E-state index contributed by atoms with van der Waals surface area (Å²) in [6.45, 7) is 7.86. The molecule has 0 fully saturated rings. The van der Waals surface area contributed by atoms with Gasteiger partial charge in [-0.2, -0.15) is 0 Å². The van der Waals surface area contributed by atoms with Crippen LogP contribution in [-0.4, -0.2) is 49.8 Å². The Labute approximate surface area is 770 Å². The van der Waals surface area contributed by atoms with Crippen molar-refractivity contribution in [3.8, 4) is 169 Å². The van der Waals surface area contributed by atoms with E-state index in [9.17, 15) is 0 Å². The van der Waals surface area contributed by atoms with Crippen LogP contribution in [0.5, 0.6) is 0 Å². The van der Waals surface area contributed by atoms with E-state index in [-0.39, 0.29) is 0 Å². The summed E-state index contributed by atoms with van der Waals surface area (Å²) in [7, 11) is 0. The van der Waals surface area contributed by atoms with Gasteiger partial charge in [0.05, 0.1) is 11.4 Å². The van der Waals surface area contributed by atoms with Crippen LogP contribution in [-0.2, 0) is 0 Å². The number of hydrogen-bond acceptors (Lipinski definition) is 12. The number of fused-ring (bicyclic) bond motifs is 6. The lowest BCUT2D eigenvalue weighted by Crippen LogP contribution is -1.99. The maximum absolute atomic E-state index is 6.07. The molecule has 0 N–H and O–H groups in total. The summed E-state index contributed by atoms with van der Waals surface area (Å²) in [6.07, 6.45) is 0. The number of aryl methyl sites for hydroxylation is 4. The van der Waals surface area contributed by atoms with Crippen molar-refractivity contribution in [1.29, 1.82) is 0 Å². The van der Waals surface area contributed by atoms with E-state index >= 15 is 0 Å². The summed E-state index contributed by atoms with van der Waals surface area (Å²) in [5, 5.41) is 4.87. The third-order valence-corrected chi connectivity index (χ3v) is 24.4. The van der Waals surface area contributed by atoms with Crippen molar-refractivity contribution in [3.63, 3.8) is 0 Å². The summed E-state index contributed by atoms with van der Waals surface area (Å²) in [5.41, 5.74) is 30.2. The molecule has 11 nitrogen and oxygen atoms in total. The Bertz CT molecular complexity index is 7610. The normalized spacial score (nSPS) is 11.0. The summed E-state index contributed by atoms with van der Waals surface area (Å²) in [4.78, 5) is 47.2. The second-order valence-electron chi connectivity index (χ2n) is 32.4. The predicted molar refractivity (Wildman–Crippen MR) is 544 cm³/mol. The summed E-state index contributed by atoms with van der Waals surface area (Å²) in [5.74, 6) is 5.64. The van der Waals surface area contributed by atoms with Crippen LogP contribution in [0.15, 0.2) is 453 Å². The molecule has 23 rings (SSSR count). The fourth-order valence-corrected chi connectivity index (χ4v) is 17.6. The van der Waals surface area contributed by atoms with Crippen LogP contribution < -0.4 is 0 Å². The van der Waals surface area contributed by atoms with E-state index in [1.165, 1.54) is 92.5 Å². The van der Waals surface area contributed by atoms with Crippen molar-refractivity contribution in [3.05, 3.63) is 472 Å². The third-order valence-electron chi connectivity index (χ3n) is 23.3. The molecule has 0 atom stereocenters. The van der Waals surface area contributed by atoms with Gasteiger partial charge in [-0.3, -0.25) is 0 Å². The number of thiophene rings is 1. The van der Waals surface area contributed by atoms with Gasteiger partial charge in [0.15, 0.2) is 34.9 Å². The van der Waals surface area contributed by atoms with Gasteiger partial charge in [-0.25, -0.2) is 49.8 Å². The Balaban J connectivity index is 0.000000110. The van der Waals surface area contributed by atoms with E-state index < -0.39 is 0 Å². The van der Waals surface area contributed by atoms with E-state index in [0.717, 1.165) is 106 Å². The lowest BCUT2D eigenvalue weighted by molar-refractivity contribution is 0.669. The standard InChI is InChI=1S/C34H25N3.C29H20N2O.C29H20N2S.C28H21N3/c1-24-35-33(31-20-16-28(17-21-31)26-10-6-3-7-11-26)37-34(36-24)32-22-18-30(19-23-32)29-14-12-27(13-15-29)25-8-4-2-5-9-25;2*1-19-17-26(23-15-16-25-24-9-5-6-10-27(24)32-28(25)18-23)31-29(30-19)22-13-11-21(12-14-22)20-7-3-2-4-8-20;1-20-29-27(25-16-12-23(13-17-25)21-8-4-2-5-9-21)31-28(30-20)26-18-14-24(15-19-26)22-10-6-3-7-11-22/h2-23H,1H3;2*2-18H,1H3;2-19H,1H3. The molecule has 0 bridgehead atoms. The van der Waals surface area contributed by atoms with Crippen LogP contribution in [0.2, 0.25) is 0 Å². The van der Waals surface area contributed by atoms with Crippen LogP contribution in [0.1, 0.15) is 23.0 Å². The van der Waals surface area contributed by atoms with Crippen molar-refractivity contribution >= 4 is 53.4 Å². The van der Waals surface area contributed by atoms with E-state index in [1.807, 2.05) is 124 Å². The highest BCUT2D eigenvalue weighted by Gasteiger charge is 2.18. The zero-order chi connectivity index (χ0) is 89.1. The van der Waals surface area contributed by atoms with Crippen molar-refractivity contribution < 1.29 is 4.42 Å². The van der Waals surface area contributed by atoms with Crippen molar-refractivity contribution in [2.75, 3.05) is 0 Å². The highest BCUT2D eigenvalue weighted by atomic mass is 32.1. The molecule has 12 heteroatoms. The van der Waals surface area contributed by atoms with Crippen LogP contribution >= 0.6 is 11.3 Å². The summed E-state index contributed by atoms with van der Waals surface area (Å²) < 4.78 is 8.67. The van der Waals surface area contributed by atoms with Crippen LogP contribution in [0.25, 0.3) is 211 Å². The second kappa shape index (κ2) is 38.2. The number of hydrogen-bond donors (Lipinski definition) is 0. The number of aromatic nitrogens is 10. The van der Waals surface area contributed by atoms with E-state index in [0.29, 0.717) is 34.9 Å². The van der Waals surface area contributed by atoms with Gasteiger partial charge >= 0.3 is 0 Å². The Morgan fingerprint density at radius 3 is 0.705 bits per heavy atom. The molecule has 0 aliphatic carbocycles. The molecule has 17 aromatic carbocycles. The topological polar surface area (TPSA) is 142 Å². The molecule has 0 radical (unpaired) electrons. The molecule has 0 saturated heterocycles. The lowest BCUT2D eigenvalue weighted by atomic mass is 9.99. The van der Waals surface area contributed by atoms with Crippen LogP contribution in [0.3, 0.4) is 0 Å². The molecule has 132 heavy (non-hydrogen) atoms. The lowest BCUT2D eigenvalue weighted by Gasteiger charge is -2.08. The first-order valence-electron chi connectivity index (χ1n) is 44.0. The number of rotatable bonds is 15. The molecule has 0 amide bonds. The van der Waals surface area contributed by atoms with Crippen LogP contribution in [0, 0.1) is 27.7 Å². The molecule has 0 aliphatic heterocycles. The molecule has 6 aromatic heterocycles. The number of furan rings is 1. The maximum atomic E-state index is 6.07.